The third kappa shape index (κ3) is 5.50. The molecule has 0 saturated carbocycles. The molecule has 172 valence electrons. The van der Waals surface area contributed by atoms with Gasteiger partial charge in [-0.2, -0.15) is 4.99 Å². The first-order valence-electron chi connectivity index (χ1n) is 11.3. The van der Waals surface area contributed by atoms with Gasteiger partial charge in [-0.15, -0.1) is 0 Å². The number of benzene rings is 1. The number of hydrogen-bond acceptors (Lipinski definition) is 6. The van der Waals surface area contributed by atoms with Crippen molar-refractivity contribution in [2.75, 3.05) is 38.6 Å². The fraction of sp³-hybridized carbons (Fsp3) is 0.565. The molecule has 32 heavy (non-hydrogen) atoms. The molecule has 1 unspecified atom stereocenters. The number of carbonyl (C=O) groups excluding carboxylic acids is 3. The van der Waals surface area contributed by atoms with E-state index in [0.717, 1.165) is 43.9 Å². The summed E-state index contributed by atoms with van der Waals surface area (Å²) in [6, 6.07) is 6.97. The molecular formula is C23H30N4O4S. The smallest absolute Gasteiger partial charge is 0.262 e. The predicted octanol–water partition coefficient (Wildman–Crippen LogP) is 2.75. The van der Waals surface area contributed by atoms with Crippen molar-refractivity contribution in [1.82, 2.24) is 9.80 Å². The Morgan fingerprint density at radius 3 is 2.62 bits per heavy atom. The molecule has 1 aromatic carbocycles. The van der Waals surface area contributed by atoms with Crippen LogP contribution in [0.5, 0.6) is 0 Å². The van der Waals surface area contributed by atoms with E-state index in [9.17, 15) is 14.4 Å². The van der Waals surface area contributed by atoms with Gasteiger partial charge in [-0.1, -0.05) is 17.8 Å². The zero-order valence-electron chi connectivity index (χ0n) is 18.4. The Hall–Kier alpha value is -2.39. The summed E-state index contributed by atoms with van der Waals surface area (Å²) in [6.45, 7) is 3.16. The van der Waals surface area contributed by atoms with Crippen molar-refractivity contribution in [3.63, 3.8) is 0 Å². The maximum absolute atomic E-state index is 12.8. The molecule has 1 aromatic rings. The van der Waals surface area contributed by atoms with Gasteiger partial charge < -0.3 is 19.9 Å². The highest BCUT2D eigenvalue weighted by Gasteiger charge is 2.33. The van der Waals surface area contributed by atoms with Crippen LogP contribution in [0.1, 0.15) is 48.9 Å². The molecule has 0 bridgehead atoms. The second kappa shape index (κ2) is 10.5. The highest BCUT2D eigenvalue weighted by molar-refractivity contribution is 8.15. The minimum absolute atomic E-state index is 0.0447. The van der Waals surface area contributed by atoms with Crippen LogP contribution in [0.25, 0.3) is 0 Å². The molecule has 1 N–H and O–H groups in total. The third-order valence-corrected chi connectivity index (χ3v) is 7.40. The van der Waals surface area contributed by atoms with Gasteiger partial charge in [-0.25, -0.2) is 0 Å². The van der Waals surface area contributed by atoms with Gasteiger partial charge in [-0.3, -0.25) is 14.4 Å². The Bertz CT molecular complexity index is 892. The summed E-state index contributed by atoms with van der Waals surface area (Å²) in [6.07, 6.45) is 5.35. The van der Waals surface area contributed by atoms with Gasteiger partial charge in [0.15, 0.2) is 5.17 Å². The molecule has 2 saturated heterocycles. The lowest BCUT2D eigenvalue weighted by Crippen LogP contribution is -2.40. The van der Waals surface area contributed by atoms with E-state index in [1.807, 2.05) is 4.90 Å². The average molecular weight is 459 g/mol. The number of nitrogens with one attached hydrogen (secondary N) is 1. The van der Waals surface area contributed by atoms with Gasteiger partial charge in [0, 0.05) is 51.0 Å². The molecule has 2 fully saturated rings. The van der Waals surface area contributed by atoms with Gasteiger partial charge in [0.25, 0.3) is 11.8 Å². The van der Waals surface area contributed by atoms with Crippen LogP contribution < -0.4 is 5.32 Å². The number of likely N-dealkylation sites (tertiary alicyclic amines) is 2. The summed E-state index contributed by atoms with van der Waals surface area (Å²) < 4.78 is 5.37. The summed E-state index contributed by atoms with van der Waals surface area (Å²) in [5, 5.41) is 3.10. The number of piperidine rings is 2. The fourth-order valence-electron chi connectivity index (χ4n) is 4.32. The van der Waals surface area contributed by atoms with Crippen molar-refractivity contribution in [3.05, 3.63) is 29.8 Å². The molecule has 4 rings (SSSR count). The van der Waals surface area contributed by atoms with Crippen LogP contribution >= 0.6 is 11.8 Å². The second-order valence-corrected chi connectivity index (χ2v) is 9.62. The predicted molar refractivity (Wildman–Crippen MR) is 125 cm³/mol. The molecular weight excluding hydrogens is 428 g/mol. The van der Waals surface area contributed by atoms with Crippen molar-refractivity contribution in [1.29, 1.82) is 0 Å². The Labute approximate surface area is 192 Å². The normalized spacial score (nSPS) is 22.1. The zero-order valence-corrected chi connectivity index (χ0v) is 19.2. The van der Waals surface area contributed by atoms with Crippen LogP contribution in [0.15, 0.2) is 29.3 Å². The monoisotopic (exact) mass is 458 g/mol. The molecule has 0 aliphatic carbocycles. The first kappa shape index (κ1) is 22.8. The lowest BCUT2D eigenvalue weighted by molar-refractivity contribution is -0.121. The van der Waals surface area contributed by atoms with Crippen molar-refractivity contribution in [2.24, 2.45) is 4.99 Å². The molecule has 0 radical (unpaired) electrons. The molecule has 0 spiro atoms. The van der Waals surface area contributed by atoms with Crippen LogP contribution in [0, 0.1) is 0 Å². The van der Waals surface area contributed by atoms with E-state index in [1.54, 1.807) is 31.4 Å². The number of rotatable bonds is 5. The number of amidine groups is 1. The van der Waals surface area contributed by atoms with E-state index in [2.05, 4.69) is 15.2 Å². The summed E-state index contributed by atoms with van der Waals surface area (Å²) >= 11 is 1.39. The van der Waals surface area contributed by atoms with E-state index in [4.69, 9.17) is 4.74 Å². The summed E-state index contributed by atoms with van der Waals surface area (Å²) in [7, 11) is 1.70. The van der Waals surface area contributed by atoms with E-state index >= 15 is 0 Å². The number of nitrogens with zero attached hydrogens (tertiary/aromatic N) is 3. The summed E-state index contributed by atoms with van der Waals surface area (Å²) in [5.74, 6) is -0.540. The first-order valence-corrected chi connectivity index (χ1v) is 12.2. The first-order chi connectivity index (χ1) is 15.5. The van der Waals surface area contributed by atoms with Crippen LogP contribution in [-0.2, 0) is 14.3 Å². The number of methoxy groups -OCH3 is 1. The van der Waals surface area contributed by atoms with Crippen LogP contribution in [0.4, 0.5) is 5.69 Å². The highest BCUT2D eigenvalue weighted by atomic mass is 32.2. The second-order valence-electron chi connectivity index (χ2n) is 8.45. The SMILES string of the molecule is COC1CCN(C(=O)c2cccc(NC(=O)CC3SC(N4CCCCC4)=NC3=O)c2)CC1. The molecule has 3 aliphatic rings. The van der Waals surface area contributed by atoms with Crippen LogP contribution in [0.2, 0.25) is 0 Å². The Morgan fingerprint density at radius 1 is 1.16 bits per heavy atom. The number of carbonyl (C=O) groups is 3. The molecule has 0 aromatic heterocycles. The number of hydrogen-bond donors (Lipinski definition) is 1. The number of anilines is 1. The van der Waals surface area contributed by atoms with E-state index in [-0.39, 0.29) is 30.2 Å². The quantitative estimate of drug-likeness (QED) is 0.730. The number of thioether (sulfide) groups is 1. The zero-order chi connectivity index (χ0) is 22.5. The lowest BCUT2D eigenvalue weighted by Gasteiger charge is -2.31. The van der Waals surface area contributed by atoms with Gasteiger partial charge in [0.2, 0.25) is 5.91 Å². The fourth-order valence-corrected chi connectivity index (χ4v) is 5.43. The highest BCUT2D eigenvalue weighted by Crippen LogP contribution is 2.29. The minimum atomic E-state index is -0.487. The van der Waals surface area contributed by atoms with Crippen molar-refractivity contribution in [2.45, 2.75) is 49.9 Å². The largest absolute Gasteiger partial charge is 0.381 e. The van der Waals surface area contributed by atoms with Crippen molar-refractivity contribution >= 4 is 40.3 Å². The lowest BCUT2D eigenvalue weighted by atomic mass is 10.1. The number of amides is 3. The molecule has 3 heterocycles. The summed E-state index contributed by atoms with van der Waals surface area (Å²) in [4.78, 5) is 45.9. The number of ether oxygens (including phenoxy) is 1. The topological polar surface area (TPSA) is 91.3 Å². The van der Waals surface area contributed by atoms with E-state index in [0.29, 0.717) is 24.3 Å². The average Bonchev–Trinajstić information content (AvgIpc) is 3.19. The van der Waals surface area contributed by atoms with E-state index in [1.165, 1.54) is 18.2 Å². The molecule has 3 aliphatic heterocycles. The maximum Gasteiger partial charge on any atom is 0.262 e. The summed E-state index contributed by atoms with van der Waals surface area (Å²) in [5.41, 5.74) is 1.10. The standard InChI is InChI=1S/C23H30N4O4S/c1-31-18-8-12-26(13-9-18)22(30)16-6-5-7-17(14-16)24-20(28)15-19-21(29)25-23(32-19)27-10-3-2-4-11-27/h5-7,14,18-19H,2-4,8-13,15H2,1H3,(H,24,28). The van der Waals surface area contributed by atoms with Gasteiger partial charge >= 0.3 is 0 Å². The molecule has 1 atom stereocenters. The maximum atomic E-state index is 12.8. The van der Waals surface area contributed by atoms with Crippen LogP contribution in [0.3, 0.4) is 0 Å². The third-order valence-electron chi connectivity index (χ3n) is 6.18. The van der Waals surface area contributed by atoms with Gasteiger partial charge in [0.1, 0.15) is 5.25 Å². The molecule has 9 heteroatoms. The van der Waals surface area contributed by atoms with Crippen molar-refractivity contribution in [3.8, 4) is 0 Å². The van der Waals surface area contributed by atoms with Crippen LogP contribution in [-0.4, -0.2) is 77.3 Å². The van der Waals surface area contributed by atoms with E-state index < -0.39 is 5.25 Å². The van der Waals surface area contributed by atoms with Gasteiger partial charge in [0.05, 0.1) is 6.10 Å². The van der Waals surface area contributed by atoms with Crippen molar-refractivity contribution < 1.29 is 19.1 Å². The Balaban J connectivity index is 1.30. The van der Waals surface area contributed by atoms with Gasteiger partial charge in [-0.05, 0) is 50.3 Å². The Morgan fingerprint density at radius 2 is 1.91 bits per heavy atom. The Kier molecular flexibility index (Phi) is 7.47. The minimum Gasteiger partial charge on any atom is -0.381 e. The molecule has 8 nitrogen and oxygen atoms in total. The molecule has 3 amide bonds. The number of aliphatic imine (C=N–C) groups is 1.